The Morgan fingerprint density at radius 3 is 2.76 bits per heavy atom. The van der Waals surface area contributed by atoms with Crippen molar-refractivity contribution >= 4 is 28.4 Å². The molecule has 1 aliphatic rings. The van der Waals surface area contributed by atoms with Crippen LogP contribution < -0.4 is 5.63 Å². The number of aromatic hydroxyl groups is 2. The van der Waals surface area contributed by atoms with Crippen LogP contribution in [0.1, 0.15) is 19.1 Å². The fourth-order valence-electron chi connectivity index (χ4n) is 2.59. The van der Waals surface area contributed by atoms with E-state index in [1.165, 1.54) is 6.07 Å². The number of fused-ring (bicyclic) bond motifs is 1. The van der Waals surface area contributed by atoms with Gasteiger partial charge in [-0.3, -0.25) is 0 Å². The van der Waals surface area contributed by atoms with Crippen LogP contribution in [-0.2, 0) is 4.74 Å². The smallest absolute Gasteiger partial charge is 0.347 e. The van der Waals surface area contributed by atoms with Crippen molar-refractivity contribution in [2.45, 2.75) is 31.7 Å². The topological polar surface area (TPSA) is 103 Å². The van der Waals surface area contributed by atoms with Gasteiger partial charge in [-0.1, -0.05) is 29.8 Å². The number of aliphatic hydroxyl groups is 1. The third-order valence-electron chi connectivity index (χ3n) is 3.83. The monoisotopic (exact) mass is 364 g/mol. The largest absolute Gasteiger partial charge is 0.507 e. The number of aliphatic hydroxyl groups excluding tert-OH is 1. The van der Waals surface area contributed by atoms with E-state index in [2.05, 4.69) is 0 Å². The van der Waals surface area contributed by atoms with Gasteiger partial charge in [-0.15, -0.1) is 0 Å². The molecule has 2 aromatic rings. The second-order valence-electron chi connectivity index (χ2n) is 5.92. The molecule has 2 heterocycles. The van der Waals surface area contributed by atoms with Crippen molar-refractivity contribution in [3.05, 3.63) is 51.6 Å². The number of phenolic OH excluding ortho intramolecular Hbond substituents is 2. The summed E-state index contributed by atoms with van der Waals surface area (Å²) >= 11 is 5.99. The zero-order valence-electron chi connectivity index (χ0n) is 13.3. The van der Waals surface area contributed by atoms with E-state index in [1.54, 1.807) is 25.2 Å². The van der Waals surface area contributed by atoms with E-state index in [0.717, 1.165) is 6.07 Å². The molecule has 25 heavy (non-hydrogen) atoms. The van der Waals surface area contributed by atoms with Crippen molar-refractivity contribution in [1.29, 1.82) is 0 Å². The summed E-state index contributed by atoms with van der Waals surface area (Å²) in [4.78, 5) is 12.0. The van der Waals surface area contributed by atoms with Gasteiger partial charge in [0.15, 0.2) is 0 Å². The van der Waals surface area contributed by atoms with Gasteiger partial charge in [-0.25, -0.2) is 4.79 Å². The zero-order chi connectivity index (χ0) is 18.1. The second kappa shape index (κ2) is 6.92. The van der Waals surface area contributed by atoms with E-state index >= 15 is 0 Å². The van der Waals surface area contributed by atoms with Crippen LogP contribution in [0, 0.1) is 0 Å². The zero-order valence-corrected chi connectivity index (χ0v) is 14.1. The number of benzene rings is 1. The van der Waals surface area contributed by atoms with E-state index in [4.69, 9.17) is 20.8 Å². The number of halogens is 1. The van der Waals surface area contributed by atoms with Crippen LogP contribution in [0.25, 0.3) is 16.8 Å². The molecule has 1 aromatic carbocycles. The Labute approximate surface area is 148 Å². The van der Waals surface area contributed by atoms with Crippen molar-refractivity contribution < 1.29 is 24.5 Å². The van der Waals surface area contributed by atoms with Crippen molar-refractivity contribution in [2.24, 2.45) is 0 Å². The average Bonchev–Trinajstić information content (AvgIpc) is 3.25. The van der Waals surface area contributed by atoms with Crippen molar-refractivity contribution in [2.75, 3.05) is 0 Å². The lowest BCUT2D eigenvalue weighted by atomic mass is 10.1. The molecule has 1 aromatic heterocycles. The number of phenols is 2. The van der Waals surface area contributed by atoms with Crippen LogP contribution in [-0.4, -0.2) is 33.6 Å². The Kier molecular flexibility index (Phi) is 4.85. The lowest BCUT2D eigenvalue weighted by Crippen LogP contribution is -2.05. The predicted molar refractivity (Wildman–Crippen MR) is 94.0 cm³/mol. The highest BCUT2D eigenvalue weighted by Gasteiger charge is 2.36. The lowest BCUT2D eigenvalue weighted by Gasteiger charge is -2.05. The summed E-state index contributed by atoms with van der Waals surface area (Å²) < 4.78 is 10.5. The summed E-state index contributed by atoms with van der Waals surface area (Å²) in [7, 11) is 0. The van der Waals surface area contributed by atoms with E-state index in [9.17, 15) is 20.1 Å². The third-order valence-corrected chi connectivity index (χ3v) is 4.23. The highest BCUT2D eigenvalue weighted by Crippen LogP contribution is 2.36. The number of hydrogen-bond acceptors (Lipinski definition) is 6. The minimum atomic E-state index is -0.747. The summed E-state index contributed by atoms with van der Waals surface area (Å²) in [6.45, 7) is 1.71. The minimum absolute atomic E-state index is 0.0220. The SMILES string of the molecule is CC(O)CC1OC1C=CC=Cc1cc2c(Cl)c(O)cc(O)c2c(=O)o1. The number of allylic oxidation sites excluding steroid dienone is 2. The highest BCUT2D eigenvalue weighted by atomic mass is 35.5. The van der Waals surface area contributed by atoms with Gasteiger partial charge in [0.1, 0.15) is 28.7 Å². The van der Waals surface area contributed by atoms with Gasteiger partial charge in [-0.05, 0) is 19.1 Å². The first-order chi connectivity index (χ1) is 11.9. The van der Waals surface area contributed by atoms with Gasteiger partial charge in [0, 0.05) is 17.9 Å². The third kappa shape index (κ3) is 3.87. The maximum atomic E-state index is 12.0. The van der Waals surface area contributed by atoms with Crippen LogP contribution in [0.15, 0.2) is 39.6 Å². The Bertz CT molecular complexity index is 912. The van der Waals surface area contributed by atoms with Crippen molar-refractivity contribution in [1.82, 2.24) is 0 Å². The molecule has 1 fully saturated rings. The fourth-order valence-corrected chi connectivity index (χ4v) is 2.79. The summed E-state index contributed by atoms with van der Waals surface area (Å²) in [6, 6.07) is 2.46. The Morgan fingerprint density at radius 1 is 1.28 bits per heavy atom. The van der Waals surface area contributed by atoms with Gasteiger partial charge in [0.25, 0.3) is 0 Å². The summed E-state index contributed by atoms with van der Waals surface area (Å²) in [5.74, 6) is -0.482. The number of hydrogen-bond donors (Lipinski definition) is 3. The normalized spacial score (nSPS) is 21.4. The Hall–Kier alpha value is -2.28. The predicted octanol–water partition coefficient (Wildman–Crippen LogP) is 2.97. The summed E-state index contributed by atoms with van der Waals surface area (Å²) in [6.07, 6.45) is 7.01. The fraction of sp³-hybridized carbons (Fsp3) is 0.278. The maximum Gasteiger partial charge on any atom is 0.347 e. The van der Waals surface area contributed by atoms with Crippen molar-refractivity contribution in [3.63, 3.8) is 0 Å². The van der Waals surface area contributed by atoms with Crippen LogP contribution in [0.5, 0.6) is 11.5 Å². The molecule has 0 aliphatic carbocycles. The van der Waals surface area contributed by atoms with Gasteiger partial charge in [0.2, 0.25) is 0 Å². The van der Waals surface area contributed by atoms with Crippen LogP contribution in [0.3, 0.4) is 0 Å². The molecule has 1 saturated heterocycles. The van der Waals surface area contributed by atoms with Crippen molar-refractivity contribution in [3.8, 4) is 11.5 Å². The first kappa shape index (κ1) is 17.5. The van der Waals surface area contributed by atoms with Gasteiger partial charge < -0.3 is 24.5 Å². The maximum absolute atomic E-state index is 12.0. The molecule has 0 amide bonds. The van der Waals surface area contributed by atoms with E-state index in [-0.39, 0.29) is 39.5 Å². The van der Waals surface area contributed by atoms with E-state index in [1.807, 2.05) is 6.08 Å². The van der Waals surface area contributed by atoms with Gasteiger partial charge >= 0.3 is 5.63 Å². The van der Waals surface area contributed by atoms with Crippen LogP contribution in [0.2, 0.25) is 5.02 Å². The molecule has 0 bridgehead atoms. The molecular weight excluding hydrogens is 348 g/mol. The molecule has 0 radical (unpaired) electrons. The number of epoxide rings is 1. The highest BCUT2D eigenvalue weighted by molar-refractivity contribution is 6.37. The second-order valence-corrected chi connectivity index (χ2v) is 6.30. The molecule has 132 valence electrons. The minimum Gasteiger partial charge on any atom is -0.507 e. The molecule has 3 atom stereocenters. The van der Waals surface area contributed by atoms with E-state index < -0.39 is 17.5 Å². The lowest BCUT2D eigenvalue weighted by molar-refractivity contribution is 0.170. The molecule has 3 N–H and O–H groups in total. The standard InChI is InChI=1S/C18H17ClO6/c1-9(20)6-15-14(25-15)5-3-2-4-10-7-11-16(18(23)24-10)12(21)8-13(22)17(11)19/h2-5,7-9,14-15,20-22H,6H2,1H3. The number of ether oxygens (including phenoxy) is 1. The molecule has 7 heteroatoms. The summed E-state index contributed by atoms with van der Waals surface area (Å²) in [5, 5.41) is 28.8. The summed E-state index contributed by atoms with van der Waals surface area (Å²) in [5.41, 5.74) is -0.747. The molecule has 3 rings (SSSR count). The van der Waals surface area contributed by atoms with E-state index in [0.29, 0.717) is 6.42 Å². The quantitative estimate of drug-likeness (QED) is 0.556. The molecule has 0 saturated carbocycles. The van der Waals surface area contributed by atoms with Crippen LogP contribution >= 0.6 is 11.6 Å². The van der Waals surface area contributed by atoms with Gasteiger partial charge in [-0.2, -0.15) is 0 Å². The molecule has 0 spiro atoms. The molecular formula is C18H17ClO6. The first-order valence-electron chi connectivity index (χ1n) is 7.73. The van der Waals surface area contributed by atoms with Crippen LogP contribution in [0.4, 0.5) is 0 Å². The molecule has 3 unspecified atom stereocenters. The Morgan fingerprint density at radius 2 is 2.04 bits per heavy atom. The molecule has 1 aliphatic heterocycles. The Balaban J connectivity index is 1.79. The molecule has 6 nitrogen and oxygen atoms in total. The first-order valence-corrected chi connectivity index (χ1v) is 8.11. The average molecular weight is 365 g/mol. The van der Waals surface area contributed by atoms with Gasteiger partial charge in [0.05, 0.1) is 17.2 Å². The number of rotatable bonds is 5.